The van der Waals surface area contributed by atoms with Crippen molar-refractivity contribution in [2.75, 3.05) is 26.4 Å². The topological polar surface area (TPSA) is 93.1 Å². The van der Waals surface area contributed by atoms with Crippen LogP contribution in [0.1, 0.15) is 26.7 Å². The Labute approximate surface area is 95.2 Å². The molecule has 16 heavy (non-hydrogen) atoms. The van der Waals surface area contributed by atoms with E-state index in [1.165, 1.54) is 0 Å². The Morgan fingerprint density at radius 1 is 1.06 bits per heavy atom. The number of aliphatic carboxylic acids is 2. The summed E-state index contributed by atoms with van der Waals surface area (Å²) in [5.74, 6) is -1.61. The van der Waals surface area contributed by atoms with Gasteiger partial charge in [-0.3, -0.25) is 9.59 Å². The minimum atomic E-state index is -0.833. The van der Waals surface area contributed by atoms with Gasteiger partial charge in [0, 0.05) is 26.6 Å². The highest BCUT2D eigenvalue weighted by Crippen LogP contribution is 1.89. The monoisotopic (exact) mass is 236 g/mol. The summed E-state index contributed by atoms with van der Waals surface area (Å²) in [7, 11) is 0. The lowest BCUT2D eigenvalue weighted by Gasteiger charge is -2.02. The Kier molecular flexibility index (Phi) is 15.0. The van der Waals surface area contributed by atoms with Crippen molar-refractivity contribution in [3.63, 3.8) is 0 Å². The van der Waals surface area contributed by atoms with Crippen LogP contribution in [0.25, 0.3) is 0 Å². The van der Waals surface area contributed by atoms with Gasteiger partial charge in [-0.25, -0.2) is 0 Å². The van der Waals surface area contributed by atoms with Crippen LogP contribution in [0.15, 0.2) is 0 Å². The Morgan fingerprint density at radius 3 is 2.00 bits per heavy atom. The lowest BCUT2D eigenvalue weighted by molar-refractivity contribution is -0.137. The van der Waals surface area contributed by atoms with E-state index in [0.717, 1.165) is 6.92 Å². The number of hydrogen-bond acceptors (Lipinski definition) is 4. The van der Waals surface area contributed by atoms with E-state index >= 15 is 0 Å². The number of rotatable bonds is 8. The van der Waals surface area contributed by atoms with Crippen LogP contribution < -0.4 is 0 Å². The molecule has 0 aliphatic carbocycles. The minimum Gasteiger partial charge on any atom is -0.481 e. The van der Waals surface area contributed by atoms with Gasteiger partial charge in [0.25, 0.3) is 5.97 Å². The first-order valence-corrected chi connectivity index (χ1v) is 5.07. The molecule has 0 aromatic rings. The Bertz CT molecular complexity index is 176. The van der Waals surface area contributed by atoms with Gasteiger partial charge in [0.1, 0.15) is 0 Å². The van der Waals surface area contributed by atoms with Crippen LogP contribution in [0.3, 0.4) is 0 Å². The zero-order valence-electron chi connectivity index (χ0n) is 9.77. The van der Waals surface area contributed by atoms with E-state index in [9.17, 15) is 4.79 Å². The van der Waals surface area contributed by atoms with Crippen molar-refractivity contribution >= 4 is 11.9 Å². The highest BCUT2D eigenvalue weighted by Gasteiger charge is 1.95. The van der Waals surface area contributed by atoms with Gasteiger partial charge < -0.3 is 19.7 Å². The summed E-state index contributed by atoms with van der Waals surface area (Å²) >= 11 is 0. The van der Waals surface area contributed by atoms with E-state index < -0.39 is 11.9 Å². The van der Waals surface area contributed by atoms with E-state index in [1.807, 2.05) is 6.92 Å². The van der Waals surface area contributed by atoms with Crippen molar-refractivity contribution in [2.45, 2.75) is 26.7 Å². The molecular formula is C10H20O6. The summed E-state index contributed by atoms with van der Waals surface area (Å²) < 4.78 is 10.1. The molecule has 0 saturated carbocycles. The predicted molar refractivity (Wildman–Crippen MR) is 57.5 cm³/mol. The number of carboxylic acids is 2. The van der Waals surface area contributed by atoms with E-state index in [2.05, 4.69) is 0 Å². The fourth-order valence-electron chi connectivity index (χ4n) is 0.690. The molecule has 2 N–H and O–H groups in total. The zero-order chi connectivity index (χ0) is 12.8. The smallest absolute Gasteiger partial charge is 0.303 e. The van der Waals surface area contributed by atoms with Gasteiger partial charge in [0.2, 0.25) is 0 Å². The number of carbonyl (C=O) groups is 2. The molecule has 0 aromatic heterocycles. The van der Waals surface area contributed by atoms with Gasteiger partial charge in [0.15, 0.2) is 0 Å². The normalized spacial score (nSPS) is 9.12. The molecule has 0 atom stereocenters. The van der Waals surface area contributed by atoms with Gasteiger partial charge >= 0.3 is 5.97 Å². The van der Waals surface area contributed by atoms with Gasteiger partial charge in [-0.1, -0.05) is 0 Å². The van der Waals surface area contributed by atoms with Crippen LogP contribution in [0.4, 0.5) is 0 Å². The fourth-order valence-corrected chi connectivity index (χ4v) is 0.690. The third kappa shape index (κ3) is 29.3. The largest absolute Gasteiger partial charge is 0.481 e. The minimum absolute atomic E-state index is 0.175. The Balaban J connectivity index is 0. The molecule has 0 unspecified atom stereocenters. The van der Waals surface area contributed by atoms with Crippen LogP contribution in [0, 0.1) is 0 Å². The molecular weight excluding hydrogens is 216 g/mol. The molecule has 0 spiro atoms. The molecule has 0 heterocycles. The van der Waals surface area contributed by atoms with Crippen molar-refractivity contribution in [1.82, 2.24) is 0 Å². The summed E-state index contributed by atoms with van der Waals surface area (Å²) in [5, 5.41) is 15.7. The number of hydrogen-bond donors (Lipinski definition) is 2. The third-order valence-electron chi connectivity index (χ3n) is 1.26. The molecule has 0 radical (unpaired) electrons. The molecule has 0 bridgehead atoms. The van der Waals surface area contributed by atoms with Crippen molar-refractivity contribution in [3.8, 4) is 0 Å². The van der Waals surface area contributed by atoms with Crippen molar-refractivity contribution in [3.05, 3.63) is 0 Å². The van der Waals surface area contributed by atoms with Crippen LogP contribution >= 0.6 is 0 Å². The maximum Gasteiger partial charge on any atom is 0.303 e. The van der Waals surface area contributed by atoms with Gasteiger partial charge in [-0.2, -0.15) is 0 Å². The van der Waals surface area contributed by atoms with Crippen molar-refractivity contribution in [1.29, 1.82) is 0 Å². The lowest BCUT2D eigenvalue weighted by Crippen LogP contribution is -2.06. The average molecular weight is 236 g/mol. The molecule has 0 aromatic carbocycles. The maximum atomic E-state index is 10.1. The van der Waals surface area contributed by atoms with E-state index in [1.54, 1.807) is 0 Å². The average Bonchev–Trinajstić information content (AvgIpc) is 2.15. The first-order valence-electron chi connectivity index (χ1n) is 5.07. The molecule has 0 saturated heterocycles. The lowest BCUT2D eigenvalue weighted by atomic mass is 10.3. The van der Waals surface area contributed by atoms with Crippen LogP contribution in [0.2, 0.25) is 0 Å². The van der Waals surface area contributed by atoms with Crippen LogP contribution in [-0.4, -0.2) is 48.6 Å². The summed E-state index contributed by atoms with van der Waals surface area (Å²) in [5.41, 5.74) is 0. The van der Waals surface area contributed by atoms with E-state index in [4.69, 9.17) is 24.5 Å². The van der Waals surface area contributed by atoms with Gasteiger partial charge in [0.05, 0.1) is 13.2 Å². The SMILES string of the molecule is CC(=O)O.CCOCCOCCCC(=O)O. The molecule has 0 rings (SSSR count). The summed E-state index contributed by atoms with van der Waals surface area (Å²) in [6.45, 7) is 5.33. The molecule has 96 valence electrons. The van der Waals surface area contributed by atoms with E-state index in [0.29, 0.717) is 32.8 Å². The summed E-state index contributed by atoms with van der Waals surface area (Å²) in [6.07, 6.45) is 0.746. The van der Waals surface area contributed by atoms with Gasteiger partial charge in [-0.05, 0) is 13.3 Å². The number of ether oxygens (including phenoxy) is 2. The molecule has 6 heteroatoms. The highest BCUT2D eigenvalue weighted by molar-refractivity contribution is 5.66. The summed E-state index contributed by atoms with van der Waals surface area (Å²) in [4.78, 5) is 19.1. The van der Waals surface area contributed by atoms with Gasteiger partial charge in [-0.15, -0.1) is 0 Å². The first-order chi connectivity index (χ1) is 7.50. The standard InChI is InChI=1S/C8H16O4.C2H4O2/c1-2-11-6-7-12-5-3-4-8(9)10;1-2(3)4/h2-7H2,1H3,(H,9,10);1H3,(H,3,4). The molecule has 0 aliphatic heterocycles. The molecule has 0 amide bonds. The predicted octanol–water partition coefficient (Wildman–Crippen LogP) is 0.995. The Morgan fingerprint density at radius 2 is 1.56 bits per heavy atom. The second kappa shape index (κ2) is 13.9. The molecule has 0 aliphatic rings. The van der Waals surface area contributed by atoms with Crippen LogP contribution in [-0.2, 0) is 19.1 Å². The van der Waals surface area contributed by atoms with Crippen molar-refractivity contribution in [2.24, 2.45) is 0 Å². The third-order valence-corrected chi connectivity index (χ3v) is 1.26. The quantitative estimate of drug-likeness (QED) is 0.610. The maximum absolute atomic E-state index is 10.1. The van der Waals surface area contributed by atoms with Crippen LogP contribution in [0.5, 0.6) is 0 Å². The zero-order valence-corrected chi connectivity index (χ0v) is 9.77. The highest BCUT2D eigenvalue weighted by atomic mass is 16.5. The van der Waals surface area contributed by atoms with Crippen molar-refractivity contribution < 1.29 is 29.3 Å². The Hall–Kier alpha value is -1.14. The number of carboxylic acid groups (broad SMARTS) is 2. The summed E-state index contributed by atoms with van der Waals surface area (Å²) in [6, 6.07) is 0. The fraction of sp³-hybridized carbons (Fsp3) is 0.800. The second-order valence-electron chi connectivity index (χ2n) is 2.83. The molecule has 6 nitrogen and oxygen atoms in total. The second-order valence-corrected chi connectivity index (χ2v) is 2.83. The molecule has 0 fully saturated rings. The van der Waals surface area contributed by atoms with E-state index in [-0.39, 0.29) is 6.42 Å². The first kappa shape index (κ1) is 17.3.